The molecule has 0 bridgehead atoms. The van der Waals surface area contributed by atoms with E-state index in [4.69, 9.17) is 15.2 Å². The molecule has 6 nitrogen and oxygen atoms in total. The summed E-state index contributed by atoms with van der Waals surface area (Å²) >= 11 is 0. The number of anilines is 2. The number of nitrogens with two attached hydrogens (primary N) is 1. The second-order valence-electron chi connectivity index (χ2n) is 8.66. The summed E-state index contributed by atoms with van der Waals surface area (Å²) in [5.41, 5.74) is 3.91. The summed E-state index contributed by atoms with van der Waals surface area (Å²) in [6.45, 7) is 9.75. The first-order chi connectivity index (χ1) is 13.7. The van der Waals surface area contributed by atoms with Crippen molar-refractivity contribution in [3.63, 3.8) is 0 Å². The highest BCUT2D eigenvalue weighted by Gasteiger charge is 2.34. The molecule has 0 spiro atoms. The van der Waals surface area contributed by atoms with Crippen molar-refractivity contribution >= 4 is 23.6 Å². The van der Waals surface area contributed by atoms with Crippen molar-refractivity contribution in [2.45, 2.75) is 52.7 Å². The number of carbonyl (C=O) groups excluding carboxylic acids is 2. The highest BCUT2D eigenvalue weighted by molar-refractivity contribution is 6.11. The average Bonchev–Trinajstić information content (AvgIpc) is 2.57. The van der Waals surface area contributed by atoms with Gasteiger partial charge in [-0.2, -0.15) is 4.90 Å². The van der Waals surface area contributed by atoms with E-state index in [1.54, 1.807) is 41.5 Å². The number of nitrogen functional groups attached to an aromatic ring is 1. The zero-order valence-corrected chi connectivity index (χ0v) is 17.9. The number of rotatable bonds is 2. The summed E-state index contributed by atoms with van der Waals surface area (Å²) in [4.78, 5) is 26.0. The number of hydrogen-bond acceptors (Lipinski definition) is 5. The third-order valence-electron chi connectivity index (χ3n) is 3.71. The molecule has 0 heterocycles. The Bertz CT molecular complexity index is 917. The van der Waals surface area contributed by atoms with Gasteiger partial charge in [-0.05, 0) is 71.4 Å². The zero-order valence-electron chi connectivity index (χ0n) is 17.9. The van der Waals surface area contributed by atoms with Crippen molar-refractivity contribution in [2.24, 2.45) is 0 Å². The van der Waals surface area contributed by atoms with Gasteiger partial charge in [0.1, 0.15) is 17.0 Å². The fraction of sp³-hybridized carbons (Fsp3) is 0.364. The molecular formula is C22H26F2N2O4. The Hall–Kier alpha value is -3.16. The lowest BCUT2D eigenvalue weighted by atomic mass is 10.0. The number of nitrogens with zero attached hydrogens (tertiary/aromatic N) is 1. The molecule has 2 N–H and O–H groups in total. The van der Waals surface area contributed by atoms with Crippen LogP contribution in [0.5, 0.6) is 0 Å². The zero-order chi connectivity index (χ0) is 22.9. The minimum absolute atomic E-state index is 0.0876. The molecular weight excluding hydrogens is 394 g/mol. The first-order valence-electron chi connectivity index (χ1n) is 9.29. The lowest BCUT2D eigenvalue weighted by Crippen LogP contribution is -2.44. The van der Waals surface area contributed by atoms with Gasteiger partial charge in [0.15, 0.2) is 5.82 Å². The molecule has 0 atom stereocenters. The van der Waals surface area contributed by atoms with Crippen molar-refractivity contribution < 1.29 is 27.8 Å². The monoisotopic (exact) mass is 420 g/mol. The fourth-order valence-electron chi connectivity index (χ4n) is 2.52. The van der Waals surface area contributed by atoms with Gasteiger partial charge in [0.05, 0.1) is 11.4 Å². The SMILES string of the molecule is CC(C)(C)OC(=O)N(C(=O)OC(C)(C)C)c1ccc(-c2ccc(F)cc2)c(F)c1N. The van der Waals surface area contributed by atoms with Crippen LogP contribution in [-0.4, -0.2) is 23.4 Å². The summed E-state index contributed by atoms with van der Waals surface area (Å²) < 4.78 is 38.8. The number of benzene rings is 2. The normalized spacial score (nSPS) is 11.7. The third-order valence-corrected chi connectivity index (χ3v) is 3.71. The minimum atomic E-state index is -1.06. The highest BCUT2D eigenvalue weighted by atomic mass is 19.1. The fourth-order valence-corrected chi connectivity index (χ4v) is 2.52. The molecule has 2 amide bonds. The van der Waals surface area contributed by atoms with E-state index in [2.05, 4.69) is 0 Å². The van der Waals surface area contributed by atoms with Crippen molar-refractivity contribution in [3.8, 4) is 11.1 Å². The van der Waals surface area contributed by atoms with Crippen molar-refractivity contribution in [3.05, 3.63) is 48.0 Å². The van der Waals surface area contributed by atoms with E-state index in [0.717, 1.165) is 0 Å². The molecule has 2 aromatic rings. The Kier molecular flexibility index (Phi) is 6.39. The van der Waals surface area contributed by atoms with E-state index in [1.807, 2.05) is 0 Å². The van der Waals surface area contributed by atoms with E-state index in [9.17, 15) is 14.0 Å². The van der Waals surface area contributed by atoms with E-state index in [-0.39, 0.29) is 11.3 Å². The number of carbonyl (C=O) groups is 2. The highest BCUT2D eigenvalue weighted by Crippen LogP contribution is 2.35. The Morgan fingerprint density at radius 3 is 1.73 bits per heavy atom. The number of ether oxygens (including phenoxy) is 2. The molecule has 2 aromatic carbocycles. The van der Waals surface area contributed by atoms with Gasteiger partial charge < -0.3 is 15.2 Å². The van der Waals surface area contributed by atoms with Crippen LogP contribution in [0, 0.1) is 11.6 Å². The van der Waals surface area contributed by atoms with Crippen molar-refractivity contribution in [1.29, 1.82) is 0 Å². The average molecular weight is 420 g/mol. The van der Waals surface area contributed by atoms with E-state index >= 15 is 4.39 Å². The molecule has 2 rings (SSSR count). The molecule has 0 saturated carbocycles. The van der Waals surface area contributed by atoms with Gasteiger partial charge in [-0.3, -0.25) is 0 Å². The predicted octanol–water partition coefficient (Wildman–Crippen LogP) is 5.89. The smallest absolute Gasteiger partial charge is 0.424 e. The molecule has 0 aliphatic heterocycles. The van der Waals surface area contributed by atoms with E-state index < -0.39 is 40.7 Å². The lowest BCUT2D eigenvalue weighted by molar-refractivity contribution is 0.0431. The van der Waals surface area contributed by atoms with Gasteiger partial charge in [-0.1, -0.05) is 12.1 Å². The van der Waals surface area contributed by atoms with Gasteiger partial charge in [0.2, 0.25) is 0 Å². The summed E-state index contributed by atoms with van der Waals surface area (Å²) in [7, 11) is 0. The summed E-state index contributed by atoms with van der Waals surface area (Å²) in [5.74, 6) is -1.33. The molecule has 30 heavy (non-hydrogen) atoms. The number of amides is 2. The summed E-state index contributed by atoms with van der Waals surface area (Å²) in [6, 6.07) is 7.82. The maximum Gasteiger partial charge on any atom is 0.424 e. The quantitative estimate of drug-likeness (QED) is 0.613. The van der Waals surface area contributed by atoms with Crippen LogP contribution in [0.15, 0.2) is 36.4 Å². The van der Waals surface area contributed by atoms with Crippen molar-refractivity contribution in [2.75, 3.05) is 10.6 Å². The second-order valence-corrected chi connectivity index (χ2v) is 8.66. The lowest BCUT2D eigenvalue weighted by Gasteiger charge is -2.29. The molecule has 0 radical (unpaired) electrons. The van der Waals surface area contributed by atoms with Gasteiger partial charge in [-0.15, -0.1) is 0 Å². The second kappa shape index (κ2) is 8.30. The maximum atomic E-state index is 15.1. The first-order valence-corrected chi connectivity index (χ1v) is 9.29. The van der Waals surface area contributed by atoms with Crippen LogP contribution in [0.1, 0.15) is 41.5 Å². The van der Waals surface area contributed by atoms with Crippen LogP contribution in [0.3, 0.4) is 0 Å². The Balaban J connectivity index is 2.54. The predicted molar refractivity (Wildman–Crippen MR) is 111 cm³/mol. The Morgan fingerprint density at radius 1 is 0.833 bits per heavy atom. The van der Waals surface area contributed by atoms with Crippen LogP contribution in [0.4, 0.5) is 29.7 Å². The third kappa shape index (κ3) is 5.68. The van der Waals surface area contributed by atoms with E-state index in [1.165, 1.54) is 36.4 Å². The van der Waals surface area contributed by atoms with Crippen molar-refractivity contribution in [1.82, 2.24) is 0 Å². The van der Waals surface area contributed by atoms with Crippen LogP contribution in [-0.2, 0) is 9.47 Å². The Morgan fingerprint density at radius 2 is 1.30 bits per heavy atom. The van der Waals surface area contributed by atoms with Gasteiger partial charge >= 0.3 is 12.2 Å². The van der Waals surface area contributed by atoms with Crippen LogP contribution in [0.2, 0.25) is 0 Å². The van der Waals surface area contributed by atoms with Gasteiger partial charge in [-0.25, -0.2) is 18.4 Å². The molecule has 0 aliphatic carbocycles. The molecule has 0 saturated heterocycles. The van der Waals surface area contributed by atoms with Crippen LogP contribution >= 0.6 is 0 Å². The van der Waals surface area contributed by atoms with Gasteiger partial charge in [0.25, 0.3) is 0 Å². The molecule has 0 aromatic heterocycles. The number of halogens is 2. The summed E-state index contributed by atoms with van der Waals surface area (Å²) in [5, 5.41) is 0. The Labute approximate surface area is 174 Å². The number of imide groups is 1. The number of hydrogen-bond donors (Lipinski definition) is 1. The molecule has 8 heteroatoms. The summed E-state index contributed by atoms with van der Waals surface area (Å²) in [6.07, 6.45) is -2.12. The largest absolute Gasteiger partial charge is 0.443 e. The molecule has 162 valence electrons. The topological polar surface area (TPSA) is 81.9 Å². The van der Waals surface area contributed by atoms with Crippen LogP contribution in [0.25, 0.3) is 11.1 Å². The molecule has 0 unspecified atom stereocenters. The molecule has 0 aliphatic rings. The molecule has 0 fully saturated rings. The van der Waals surface area contributed by atoms with E-state index in [0.29, 0.717) is 10.5 Å². The van der Waals surface area contributed by atoms with Gasteiger partial charge in [0, 0.05) is 5.56 Å². The van der Waals surface area contributed by atoms with Crippen LogP contribution < -0.4 is 10.6 Å². The first kappa shape index (κ1) is 23.1. The maximum absolute atomic E-state index is 15.1. The standard InChI is InChI=1S/C22H26F2N2O4/c1-21(2,3)29-19(27)26(20(28)30-22(4,5)6)16-12-11-15(17(24)18(16)25)13-7-9-14(23)10-8-13/h7-12H,25H2,1-6H3. The minimum Gasteiger partial charge on any atom is -0.443 e.